The Labute approximate surface area is 45.7 Å². The van der Waals surface area contributed by atoms with Crippen molar-refractivity contribution in [2.75, 3.05) is 13.7 Å². The Kier molecular flexibility index (Phi) is 2.30. The second-order valence-electron chi connectivity index (χ2n) is 2.24. The largest absolute Gasteiger partial charge is 0.384 e. The van der Waals surface area contributed by atoms with Crippen molar-refractivity contribution < 1.29 is 4.74 Å². The maximum Gasteiger partial charge on any atom is 0.0516 e. The first-order chi connectivity index (χ1) is 3.06. The summed E-state index contributed by atoms with van der Waals surface area (Å²) >= 11 is 0. The fraction of sp³-hybridized carbons (Fsp3) is 0.667. The Balaban J connectivity index is 3.15. The van der Waals surface area contributed by atoms with E-state index in [1.165, 1.54) is 0 Å². The van der Waals surface area contributed by atoms with Gasteiger partial charge in [0.05, 0.1) is 6.61 Å². The molecule has 42 valence electrons. The van der Waals surface area contributed by atoms with Gasteiger partial charge in [-0.3, -0.25) is 0 Å². The molecule has 0 aliphatic rings. The van der Waals surface area contributed by atoms with Crippen molar-refractivity contribution in [2.24, 2.45) is 5.41 Å². The van der Waals surface area contributed by atoms with Crippen molar-refractivity contribution >= 4 is 0 Å². The highest BCUT2D eigenvalue weighted by Crippen LogP contribution is 2.09. The van der Waals surface area contributed by atoms with Gasteiger partial charge in [-0.05, 0) is 19.3 Å². The van der Waals surface area contributed by atoms with E-state index in [1.807, 2.05) is 6.92 Å². The van der Waals surface area contributed by atoms with Gasteiger partial charge in [-0.2, -0.15) is 0 Å². The van der Waals surface area contributed by atoms with Crippen molar-refractivity contribution in [2.45, 2.75) is 6.92 Å². The molecular weight excluding hydrogens is 88.1 g/mol. The molecule has 2 radical (unpaired) electrons. The zero-order valence-corrected chi connectivity index (χ0v) is 5.03. The van der Waals surface area contributed by atoms with E-state index in [4.69, 9.17) is 4.74 Å². The maximum absolute atomic E-state index is 4.78. The Morgan fingerprint density at radius 2 is 2.00 bits per heavy atom. The first kappa shape index (κ1) is 6.96. The minimum Gasteiger partial charge on any atom is -0.384 e. The van der Waals surface area contributed by atoms with Gasteiger partial charge in [-0.25, -0.2) is 0 Å². The van der Waals surface area contributed by atoms with Crippen LogP contribution < -0.4 is 0 Å². The molecule has 0 heterocycles. The highest BCUT2D eigenvalue weighted by atomic mass is 16.5. The number of methoxy groups -OCH3 is 1. The molecule has 1 nitrogen and oxygen atoms in total. The van der Waals surface area contributed by atoms with Gasteiger partial charge in [0.15, 0.2) is 0 Å². The lowest BCUT2D eigenvalue weighted by Crippen LogP contribution is -2.13. The molecule has 0 saturated carbocycles. The zero-order chi connectivity index (χ0) is 5.91. The van der Waals surface area contributed by atoms with E-state index >= 15 is 0 Å². The van der Waals surface area contributed by atoms with Crippen LogP contribution in [-0.4, -0.2) is 13.7 Å². The Bertz CT molecular complexity index is 42.6. The predicted octanol–water partition coefficient (Wildman–Crippen LogP) is 1.31. The molecular formula is C6H12O. The molecule has 0 atom stereocenters. The molecule has 0 aliphatic carbocycles. The van der Waals surface area contributed by atoms with Crippen molar-refractivity contribution in [1.29, 1.82) is 0 Å². The highest BCUT2D eigenvalue weighted by molar-refractivity contribution is 4.77. The lowest BCUT2D eigenvalue weighted by atomic mass is 9.99. The van der Waals surface area contributed by atoms with Crippen LogP contribution in [0.15, 0.2) is 0 Å². The number of hydrogen-bond donors (Lipinski definition) is 0. The van der Waals surface area contributed by atoms with E-state index in [2.05, 4.69) is 13.8 Å². The van der Waals surface area contributed by atoms with Gasteiger partial charge in [0.1, 0.15) is 0 Å². The average Bonchev–Trinajstić information content (AvgIpc) is 1.30. The predicted molar refractivity (Wildman–Crippen MR) is 30.7 cm³/mol. The molecule has 0 fully saturated rings. The molecule has 0 aromatic heterocycles. The van der Waals surface area contributed by atoms with Crippen LogP contribution in [-0.2, 0) is 4.74 Å². The molecule has 0 aliphatic heterocycles. The molecule has 1 heteroatoms. The van der Waals surface area contributed by atoms with Gasteiger partial charge in [0.25, 0.3) is 0 Å². The van der Waals surface area contributed by atoms with Crippen LogP contribution in [0.1, 0.15) is 6.92 Å². The van der Waals surface area contributed by atoms with Crippen LogP contribution in [0.2, 0.25) is 0 Å². The van der Waals surface area contributed by atoms with Crippen LogP contribution in [0.5, 0.6) is 0 Å². The second kappa shape index (κ2) is 2.31. The van der Waals surface area contributed by atoms with Crippen molar-refractivity contribution in [3.63, 3.8) is 0 Å². The van der Waals surface area contributed by atoms with Crippen molar-refractivity contribution in [3.8, 4) is 0 Å². The monoisotopic (exact) mass is 100 g/mol. The lowest BCUT2D eigenvalue weighted by Gasteiger charge is -2.14. The molecule has 0 amide bonds. The van der Waals surface area contributed by atoms with Crippen LogP contribution in [0, 0.1) is 19.3 Å². The molecule has 0 aromatic carbocycles. The normalized spacial score (nSPS) is 12.0. The third-order valence-electron chi connectivity index (χ3n) is 0.493. The van der Waals surface area contributed by atoms with Gasteiger partial charge in [0.2, 0.25) is 0 Å². The summed E-state index contributed by atoms with van der Waals surface area (Å²) in [5.74, 6) is 0. The highest BCUT2D eigenvalue weighted by Gasteiger charge is 2.07. The number of rotatable bonds is 2. The third-order valence-corrected chi connectivity index (χ3v) is 0.493. The Morgan fingerprint density at radius 1 is 1.57 bits per heavy atom. The summed E-state index contributed by atoms with van der Waals surface area (Å²) in [6.45, 7) is 9.99. The van der Waals surface area contributed by atoms with E-state index in [1.54, 1.807) is 7.11 Å². The Morgan fingerprint density at radius 3 is 2.00 bits per heavy atom. The fourth-order valence-electron chi connectivity index (χ4n) is 0.348. The molecule has 0 saturated heterocycles. The summed E-state index contributed by atoms with van der Waals surface area (Å²) in [5.41, 5.74) is -0.172. The fourth-order valence-corrected chi connectivity index (χ4v) is 0.348. The molecule has 7 heavy (non-hydrogen) atoms. The molecule has 0 unspecified atom stereocenters. The molecule has 0 spiro atoms. The quantitative estimate of drug-likeness (QED) is 0.508. The minimum atomic E-state index is -0.172. The zero-order valence-electron chi connectivity index (χ0n) is 5.03. The Hall–Kier alpha value is -0.0400. The van der Waals surface area contributed by atoms with E-state index in [-0.39, 0.29) is 5.41 Å². The van der Waals surface area contributed by atoms with E-state index in [0.717, 1.165) is 0 Å². The average molecular weight is 100 g/mol. The summed E-state index contributed by atoms with van der Waals surface area (Å²) in [6, 6.07) is 0. The second-order valence-corrected chi connectivity index (χ2v) is 2.24. The van der Waals surface area contributed by atoms with Gasteiger partial charge in [0, 0.05) is 7.11 Å². The summed E-state index contributed by atoms with van der Waals surface area (Å²) in [7, 11) is 1.65. The minimum absolute atomic E-state index is 0.172. The van der Waals surface area contributed by atoms with Crippen LogP contribution in [0.3, 0.4) is 0 Å². The maximum atomic E-state index is 4.78. The van der Waals surface area contributed by atoms with Crippen LogP contribution in [0.25, 0.3) is 0 Å². The molecule has 0 rings (SSSR count). The summed E-state index contributed by atoms with van der Waals surface area (Å²) in [6.07, 6.45) is 0. The molecule has 0 aromatic rings. The molecule has 0 bridgehead atoms. The smallest absolute Gasteiger partial charge is 0.0516 e. The van der Waals surface area contributed by atoms with E-state index in [0.29, 0.717) is 6.61 Å². The summed E-state index contributed by atoms with van der Waals surface area (Å²) in [5, 5.41) is 0. The molecule has 0 N–H and O–H groups in total. The third kappa shape index (κ3) is 5.96. The lowest BCUT2D eigenvalue weighted by molar-refractivity contribution is 0.144. The topological polar surface area (TPSA) is 9.23 Å². The van der Waals surface area contributed by atoms with Crippen LogP contribution in [0.4, 0.5) is 0 Å². The first-order valence-electron chi connectivity index (χ1n) is 2.26. The number of hydrogen-bond acceptors (Lipinski definition) is 1. The van der Waals surface area contributed by atoms with Gasteiger partial charge in [-0.1, -0.05) is 6.92 Å². The van der Waals surface area contributed by atoms with Crippen molar-refractivity contribution in [3.05, 3.63) is 13.8 Å². The SMILES string of the molecule is [CH2]C([CH2])(C)COC. The van der Waals surface area contributed by atoms with E-state index in [9.17, 15) is 0 Å². The van der Waals surface area contributed by atoms with Crippen molar-refractivity contribution in [1.82, 2.24) is 0 Å². The summed E-state index contributed by atoms with van der Waals surface area (Å²) in [4.78, 5) is 0. The van der Waals surface area contributed by atoms with Crippen LogP contribution >= 0.6 is 0 Å². The van der Waals surface area contributed by atoms with E-state index < -0.39 is 0 Å². The van der Waals surface area contributed by atoms with Gasteiger partial charge < -0.3 is 4.74 Å². The van der Waals surface area contributed by atoms with Gasteiger partial charge >= 0.3 is 0 Å². The van der Waals surface area contributed by atoms with Gasteiger partial charge in [-0.15, -0.1) is 0 Å². The standard InChI is InChI=1S/C6H12O/c1-6(2,3)5-7-4/h1-2,5H2,3-4H3. The first-order valence-corrected chi connectivity index (χ1v) is 2.26. The number of ether oxygens (including phenoxy) is 1. The summed E-state index contributed by atoms with van der Waals surface area (Å²) < 4.78 is 4.78.